The van der Waals surface area contributed by atoms with Crippen molar-refractivity contribution >= 4 is 11.6 Å². The van der Waals surface area contributed by atoms with Crippen LogP contribution in [-0.4, -0.2) is 36.5 Å². The van der Waals surface area contributed by atoms with Gasteiger partial charge in [-0.15, -0.1) is 11.6 Å². The van der Waals surface area contributed by atoms with Crippen molar-refractivity contribution in [1.29, 1.82) is 0 Å². The summed E-state index contributed by atoms with van der Waals surface area (Å²) in [4.78, 5) is 2.30. The molecule has 0 aliphatic heterocycles. The van der Waals surface area contributed by atoms with E-state index in [4.69, 9.17) is 16.3 Å². The Balaban J connectivity index is 2.27. The Labute approximate surface area is 103 Å². The summed E-state index contributed by atoms with van der Waals surface area (Å²) in [5, 5.41) is 0.0418. The number of hydrogen-bond acceptors (Lipinski definition) is 2. The standard InChI is InChI=1S/C13H20ClNO/c1-3-15(4-2)10-12(14)11-16-13-8-6-5-7-9-13/h5-9,12H,3-4,10-11H2,1-2H3. The third kappa shape index (κ3) is 4.86. The number of para-hydroxylation sites is 1. The Morgan fingerprint density at radius 1 is 1.19 bits per heavy atom. The van der Waals surface area contributed by atoms with E-state index in [0.29, 0.717) is 6.61 Å². The molecule has 0 aromatic heterocycles. The number of halogens is 1. The van der Waals surface area contributed by atoms with Gasteiger partial charge in [-0.25, -0.2) is 0 Å². The molecule has 0 heterocycles. The predicted octanol–water partition coefficient (Wildman–Crippen LogP) is 3.01. The molecule has 0 fully saturated rings. The molecule has 0 saturated heterocycles. The van der Waals surface area contributed by atoms with E-state index in [1.165, 1.54) is 0 Å². The second kappa shape index (κ2) is 7.53. The summed E-state index contributed by atoms with van der Waals surface area (Å²) in [5.74, 6) is 0.882. The van der Waals surface area contributed by atoms with Crippen molar-refractivity contribution in [3.05, 3.63) is 30.3 Å². The Bertz CT molecular complexity index is 275. The van der Waals surface area contributed by atoms with Crippen molar-refractivity contribution in [2.75, 3.05) is 26.2 Å². The first-order valence-electron chi connectivity index (χ1n) is 5.80. The fourth-order valence-electron chi connectivity index (χ4n) is 1.52. The topological polar surface area (TPSA) is 12.5 Å². The zero-order chi connectivity index (χ0) is 11.8. The van der Waals surface area contributed by atoms with Crippen LogP contribution in [-0.2, 0) is 0 Å². The molecule has 1 aromatic rings. The van der Waals surface area contributed by atoms with Gasteiger partial charge in [-0.05, 0) is 25.2 Å². The fraction of sp³-hybridized carbons (Fsp3) is 0.538. The number of hydrogen-bond donors (Lipinski definition) is 0. The van der Waals surface area contributed by atoms with E-state index < -0.39 is 0 Å². The highest BCUT2D eigenvalue weighted by molar-refractivity contribution is 6.20. The molecule has 0 radical (unpaired) electrons. The van der Waals surface area contributed by atoms with E-state index in [1.54, 1.807) is 0 Å². The molecule has 0 amide bonds. The van der Waals surface area contributed by atoms with Gasteiger partial charge in [-0.2, -0.15) is 0 Å². The Hall–Kier alpha value is -0.730. The van der Waals surface area contributed by atoms with Crippen molar-refractivity contribution in [2.45, 2.75) is 19.2 Å². The molecule has 2 nitrogen and oxygen atoms in total. The van der Waals surface area contributed by atoms with Gasteiger partial charge in [-0.1, -0.05) is 32.0 Å². The average molecular weight is 242 g/mol. The summed E-state index contributed by atoms with van der Waals surface area (Å²) in [6, 6.07) is 9.79. The Morgan fingerprint density at radius 3 is 2.38 bits per heavy atom. The van der Waals surface area contributed by atoms with Gasteiger partial charge in [0.1, 0.15) is 12.4 Å². The summed E-state index contributed by atoms with van der Waals surface area (Å²) < 4.78 is 5.60. The van der Waals surface area contributed by atoms with Gasteiger partial charge in [0.05, 0.1) is 5.38 Å². The lowest BCUT2D eigenvalue weighted by molar-refractivity contribution is 0.253. The highest BCUT2D eigenvalue weighted by atomic mass is 35.5. The van der Waals surface area contributed by atoms with Gasteiger partial charge in [0.25, 0.3) is 0 Å². The number of benzene rings is 1. The third-order valence-electron chi connectivity index (χ3n) is 2.52. The molecule has 1 aromatic carbocycles. The van der Waals surface area contributed by atoms with Crippen LogP contribution in [0.3, 0.4) is 0 Å². The first-order chi connectivity index (χ1) is 7.76. The molecule has 90 valence electrons. The lowest BCUT2D eigenvalue weighted by Gasteiger charge is -2.21. The molecule has 16 heavy (non-hydrogen) atoms. The zero-order valence-electron chi connectivity index (χ0n) is 10.0. The molecule has 0 aliphatic rings. The van der Waals surface area contributed by atoms with Gasteiger partial charge in [0.2, 0.25) is 0 Å². The van der Waals surface area contributed by atoms with Crippen LogP contribution in [0, 0.1) is 0 Å². The molecule has 1 rings (SSSR count). The van der Waals surface area contributed by atoms with Crippen molar-refractivity contribution in [2.24, 2.45) is 0 Å². The minimum absolute atomic E-state index is 0.0418. The first kappa shape index (κ1) is 13.3. The fourth-order valence-corrected chi connectivity index (χ4v) is 1.78. The summed E-state index contributed by atoms with van der Waals surface area (Å²) in [5.41, 5.74) is 0. The largest absolute Gasteiger partial charge is 0.492 e. The van der Waals surface area contributed by atoms with Gasteiger partial charge in [-0.3, -0.25) is 0 Å². The van der Waals surface area contributed by atoms with Crippen LogP contribution in [0.15, 0.2) is 30.3 Å². The maximum absolute atomic E-state index is 6.22. The minimum atomic E-state index is 0.0418. The molecular formula is C13H20ClNO. The lowest BCUT2D eigenvalue weighted by atomic mass is 10.3. The van der Waals surface area contributed by atoms with Crippen LogP contribution in [0.2, 0.25) is 0 Å². The van der Waals surface area contributed by atoms with Gasteiger partial charge in [0.15, 0.2) is 0 Å². The van der Waals surface area contributed by atoms with Crippen LogP contribution in [0.1, 0.15) is 13.8 Å². The number of nitrogens with zero attached hydrogens (tertiary/aromatic N) is 1. The molecule has 0 N–H and O–H groups in total. The Morgan fingerprint density at radius 2 is 1.81 bits per heavy atom. The molecule has 0 aliphatic carbocycles. The van der Waals surface area contributed by atoms with Crippen LogP contribution in [0.4, 0.5) is 0 Å². The van der Waals surface area contributed by atoms with E-state index in [0.717, 1.165) is 25.4 Å². The SMILES string of the molecule is CCN(CC)CC(Cl)COc1ccccc1. The van der Waals surface area contributed by atoms with Crippen molar-refractivity contribution < 1.29 is 4.74 Å². The second-order valence-electron chi connectivity index (χ2n) is 3.71. The minimum Gasteiger partial charge on any atom is -0.492 e. The van der Waals surface area contributed by atoms with E-state index >= 15 is 0 Å². The quantitative estimate of drug-likeness (QED) is 0.681. The third-order valence-corrected chi connectivity index (χ3v) is 2.79. The molecule has 3 heteroatoms. The molecule has 1 unspecified atom stereocenters. The number of rotatable bonds is 7. The highest BCUT2D eigenvalue weighted by Gasteiger charge is 2.09. The predicted molar refractivity (Wildman–Crippen MR) is 69.4 cm³/mol. The summed E-state index contributed by atoms with van der Waals surface area (Å²) in [6.45, 7) is 7.79. The van der Waals surface area contributed by atoms with Crippen molar-refractivity contribution in [3.63, 3.8) is 0 Å². The van der Waals surface area contributed by atoms with Gasteiger partial charge in [0, 0.05) is 6.54 Å². The van der Waals surface area contributed by atoms with Crippen molar-refractivity contribution in [1.82, 2.24) is 4.90 Å². The maximum atomic E-state index is 6.22. The highest BCUT2D eigenvalue weighted by Crippen LogP contribution is 2.10. The van der Waals surface area contributed by atoms with Crippen molar-refractivity contribution in [3.8, 4) is 5.75 Å². The lowest BCUT2D eigenvalue weighted by Crippen LogP contribution is -2.32. The van der Waals surface area contributed by atoms with E-state index in [9.17, 15) is 0 Å². The van der Waals surface area contributed by atoms with E-state index in [2.05, 4.69) is 18.7 Å². The van der Waals surface area contributed by atoms with E-state index in [1.807, 2.05) is 30.3 Å². The zero-order valence-corrected chi connectivity index (χ0v) is 10.8. The number of alkyl halides is 1. The molecule has 0 saturated carbocycles. The average Bonchev–Trinajstić information content (AvgIpc) is 2.34. The molecular weight excluding hydrogens is 222 g/mol. The molecule has 1 atom stereocenters. The summed E-state index contributed by atoms with van der Waals surface area (Å²) >= 11 is 6.22. The normalized spacial score (nSPS) is 12.8. The summed E-state index contributed by atoms with van der Waals surface area (Å²) in [7, 11) is 0. The Kier molecular flexibility index (Phi) is 6.27. The summed E-state index contributed by atoms with van der Waals surface area (Å²) in [6.07, 6.45) is 0. The van der Waals surface area contributed by atoms with Crippen LogP contribution in [0.5, 0.6) is 5.75 Å². The first-order valence-corrected chi connectivity index (χ1v) is 6.24. The molecule has 0 spiro atoms. The van der Waals surface area contributed by atoms with Gasteiger partial charge >= 0.3 is 0 Å². The second-order valence-corrected chi connectivity index (χ2v) is 4.32. The number of ether oxygens (including phenoxy) is 1. The smallest absolute Gasteiger partial charge is 0.119 e. The molecule has 0 bridgehead atoms. The van der Waals surface area contributed by atoms with Crippen LogP contribution >= 0.6 is 11.6 Å². The maximum Gasteiger partial charge on any atom is 0.119 e. The monoisotopic (exact) mass is 241 g/mol. The van der Waals surface area contributed by atoms with E-state index in [-0.39, 0.29) is 5.38 Å². The van der Waals surface area contributed by atoms with Gasteiger partial charge < -0.3 is 9.64 Å². The van der Waals surface area contributed by atoms with Crippen LogP contribution < -0.4 is 4.74 Å². The van der Waals surface area contributed by atoms with Crippen LogP contribution in [0.25, 0.3) is 0 Å².